The predicted molar refractivity (Wildman–Crippen MR) is 112 cm³/mol. The van der Waals surface area contributed by atoms with Crippen LogP contribution in [0.4, 0.5) is 5.69 Å². The first-order chi connectivity index (χ1) is 14.9. The lowest BCUT2D eigenvalue weighted by Crippen LogP contribution is -2.41. The number of furan rings is 1. The van der Waals surface area contributed by atoms with Gasteiger partial charge in [0.15, 0.2) is 0 Å². The van der Waals surface area contributed by atoms with Gasteiger partial charge in [-0.3, -0.25) is 4.79 Å². The summed E-state index contributed by atoms with van der Waals surface area (Å²) in [6.45, 7) is 2.54. The van der Waals surface area contributed by atoms with Crippen LogP contribution in [0.2, 0.25) is 0 Å². The van der Waals surface area contributed by atoms with E-state index >= 15 is 0 Å². The zero-order chi connectivity index (χ0) is 22.4. The van der Waals surface area contributed by atoms with Gasteiger partial charge in [0.2, 0.25) is 16.8 Å². The first-order valence-electron chi connectivity index (χ1n) is 10.0. The third-order valence-corrected chi connectivity index (χ3v) is 6.82. The average molecular weight is 451 g/mol. The smallest absolute Gasteiger partial charge is 0.374 e. The van der Waals surface area contributed by atoms with Crippen LogP contribution in [-0.4, -0.2) is 51.4 Å². The first kappa shape index (κ1) is 23.0. The number of amides is 1. The maximum Gasteiger partial charge on any atom is 0.374 e. The van der Waals surface area contributed by atoms with Gasteiger partial charge in [0, 0.05) is 37.4 Å². The molecule has 1 amide bonds. The molecule has 1 aliphatic heterocycles. The summed E-state index contributed by atoms with van der Waals surface area (Å²) in [7, 11) is -2.31. The van der Waals surface area contributed by atoms with E-state index in [1.807, 2.05) is 24.3 Å². The summed E-state index contributed by atoms with van der Waals surface area (Å²) in [5, 5.41) is 2.61. The van der Waals surface area contributed by atoms with Gasteiger partial charge in [-0.2, -0.15) is 4.31 Å². The molecule has 3 rings (SSSR count). The highest BCUT2D eigenvalue weighted by Gasteiger charge is 2.34. The quantitative estimate of drug-likeness (QED) is 0.615. The number of rotatable bonds is 8. The fourth-order valence-electron chi connectivity index (χ4n) is 3.41. The van der Waals surface area contributed by atoms with Gasteiger partial charge in [0.05, 0.1) is 13.2 Å². The van der Waals surface area contributed by atoms with E-state index in [1.54, 1.807) is 14.0 Å². The number of nitrogens with zero attached hydrogens (tertiary/aromatic N) is 1. The molecule has 1 aromatic carbocycles. The van der Waals surface area contributed by atoms with Crippen molar-refractivity contribution in [1.29, 1.82) is 0 Å². The van der Waals surface area contributed by atoms with Crippen LogP contribution in [0.3, 0.4) is 0 Å². The number of benzene rings is 1. The highest BCUT2D eigenvalue weighted by Crippen LogP contribution is 2.27. The Morgan fingerprint density at radius 3 is 2.55 bits per heavy atom. The summed E-state index contributed by atoms with van der Waals surface area (Å²) >= 11 is 0. The second-order valence-corrected chi connectivity index (χ2v) is 8.97. The third-order valence-electron chi connectivity index (χ3n) is 5.05. The van der Waals surface area contributed by atoms with Gasteiger partial charge >= 0.3 is 5.97 Å². The number of sulfonamides is 1. The molecule has 0 bridgehead atoms. The van der Waals surface area contributed by atoms with Crippen LogP contribution in [0.1, 0.15) is 35.9 Å². The molecule has 1 N–H and O–H groups in total. The molecule has 0 radical (unpaired) electrons. The second-order valence-electron chi connectivity index (χ2n) is 7.10. The molecule has 9 nitrogen and oxygen atoms in total. The first-order valence-corrected chi connectivity index (χ1v) is 11.5. The minimum absolute atomic E-state index is 0.150. The lowest BCUT2D eigenvalue weighted by atomic mass is 9.97. The maximum absolute atomic E-state index is 12.8. The molecule has 31 heavy (non-hydrogen) atoms. The normalized spacial score (nSPS) is 15.5. The molecule has 1 aromatic heterocycles. The van der Waals surface area contributed by atoms with Crippen molar-refractivity contribution in [2.45, 2.75) is 31.5 Å². The largest absolute Gasteiger partial charge is 0.460 e. The number of methoxy groups -OCH3 is 1. The zero-order valence-electron chi connectivity index (χ0n) is 17.5. The fourth-order valence-corrected chi connectivity index (χ4v) is 4.80. The van der Waals surface area contributed by atoms with Gasteiger partial charge in [-0.25, -0.2) is 13.2 Å². The van der Waals surface area contributed by atoms with Crippen molar-refractivity contribution < 1.29 is 31.9 Å². The van der Waals surface area contributed by atoms with E-state index in [0.717, 1.165) is 5.56 Å². The summed E-state index contributed by atoms with van der Waals surface area (Å²) in [5.74, 6) is -1.34. The molecule has 0 unspecified atom stereocenters. The van der Waals surface area contributed by atoms with Crippen molar-refractivity contribution in [3.8, 4) is 0 Å². The highest BCUT2D eigenvalue weighted by atomic mass is 32.2. The summed E-state index contributed by atoms with van der Waals surface area (Å²) in [6, 6.07) is 9.91. The number of piperidine rings is 1. The number of anilines is 1. The Bertz CT molecular complexity index is 1020. The monoisotopic (exact) mass is 450 g/mol. The molecular formula is C21H26N2O7S. The highest BCUT2D eigenvalue weighted by molar-refractivity contribution is 7.89. The molecule has 2 aromatic rings. The van der Waals surface area contributed by atoms with Crippen molar-refractivity contribution in [1.82, 2.24) is 4.31 Å². The molecule has 0 atom stereocenters. The van der Waals surface area contributed by atoms with Crippen molar-refractivity contribution in [3.05, 3.63) is 47.7 Å². The Balaban J connectivity index is 1.61. The van der Waals surface area contributed by atoms with Gasteiger partial charge in [-0.1, -0.05) is 18.2 Å². The van der Waals surface area contributed by atoms with Crippen molar-refractivity contribution in [3.63, 3.8) is 0 Å². The van der Waals surface area contributed by atoms with Gasteiger partial charge in [-0.05, 0) is 38.0 Å². The molecule has 0 spiro atoms. The van der Waals surface area contributed by atoms with Crippen molar-refractivity contribution >= 4 is 27.6 Å². The number of hydrogen-bond donors (Lipinski definition) is 1. The summed E-state index contributed by atoms with van der Waals surface area (Å²) in [5.41, 5.74) is 1.56. The van der Waals surface area contributed by atoms with Crippen LogP contribution in [-0.2, 0) is 30.9 Å². The van der Waals surface area contributed by atoms with Crippen LogP contribution in [0.25, 0.3) is 0 Å². The topological polar surface area (TPSA) is 115 Å². The molecule has 168 valence electrons. The zero-order valence-corrected chi connectivity index (χ0v) is 18.3. The summed E-state index contributed by atoms with van der Waals surface area (Å²) in [6.07, 6.45) is 0.756. The van der Waals surface area contributed by atoms with Gasteiger partial charge in [0.25, 0.3) is 10.0 Å². The molecule has 1 saturated heterocycles. The van der Waals surface area contributed by atoms with Crippen LogP contribution in [0.5, 0.6) is 0 Å². The predicted octanol–water partition coefficient (Wildman–Crippen LogP) is 2.64. The van der Waals surface area contributed by atoms with Gasteiger partial charge < -0.3 is 19.2 Å². The van der Waals surface area contributed by atoms with E-state index in [1.165, 1.54) is 16.4 Å². The minimum atomic E-state index is -3.90. The van der Waals surface area contributed by atoms with Crippen LogP contribution in [0.15, 0.2) is 45.9 Å². The number of nitrogens with one attached hydrogen (secondary N) is 1. The number of hydrogen-bond acceptors (Lipinski definition) is 7. The summed E-state index contributed by atoms with van der Waals surface area (Å²) in [4.78, 5) is 24.4. The Hall–Kier alpha value is -2.69. The van der Waals surface area contributed by atoms with Crippen molar-refractivity contribution in [2.75, 3.05) is 32.1 Å². The Labute approximate surface area is 181 Å². The molecule has 2 heterocycles. The number of ether oxygens (including phenoxy) is 2. The molecule has 10 heteroatoms. The fraction of sp³-hybridized carbons (Fsp3) is 0.429. The summed E-state index contributed by atoms with van der Waals surface area (Å²) < 4.78 is 42.1. The Morgan fingerprint density at radius 2 is 1.87 bits per heavy atom. The number of carbonyl (C=O) groups excluding carboxylic acids is 2. The van der Waals surface area contributed by atoms with Crippen LogP contribution in [0, 0.1) is 5.92 Å². The van der Waals surface area contributed by atoms with E-state index in [4.69, 9.17) is 13.9 Å². The molecular weight excluding hydrogens is 424 g/mol. The van der Waals surface area contributed by atoms with E-state index in [2.05, 4.69) is 5.32 Å². The minimum Gasteiger partial charge on any atom is -0.460 e. The number of para-hydroxylation sites is 1. The standard InChI is InChI=1S/C21H26N2O7S/c1-3-29-21(25)18-8-9-19(30-18)31(26,27)23-12-10-15(11-13-23)20(24)22-17-7-5-4-6-16(17)14-28-2/h4-9,15H,3,10-14H2,1-2H3,(H,22,24). The van der Waals surface area contributed by atoms with Crippen molar-refractivity contribution in [2.24, 2.45) is 5.92 Å². The SMILES string of the molecule is CCOC(=O)c1ccc(S(=O)(=O)N2CCC(C(=O)Nc3ccccc3COC)CC2)o1. The average Bonchev–Trinajstić information content (AvgIpc) is 3.27. The lowest BCUT2D eigenvalue weighted by molar-refractivity contribution is -0.120. The Morgan fingerprint density at radius 1 is 1.16 bits per heavy atom. The molecule has 1 fully saturated rings. The van der Waals surface area contributed by atoms with E-state index in [0.29, 0.717) is 25.1 Å². The lowest BCUT2D eigenvalue weighted by Gasteiger charge is -2.30. The molecule has 0 saturated carbocycles. The molecule has 1 aliphatic rings. The van der Waals surface area contributed by atoms with Gasteiger partial charge in [-0.15, -0.1) is 0 Å². The number of esters is 1. The van der Waals surface area contributed by atoms with E-state index < -0.39 is 16.0 Å². The second kappa shape index (κ2) is 10.1. The Kier molecular flexibility index (Phi) is 7.47. The molecule has 0 aliphatic carbocycles. The third kappa shape index (κ3) is 5.33. The van der Waals surface area contributed by atoms with Crippen LogP contribution >= 0.6 is 0 Å². The van der Waals surface area contributed by atoms with E-state index in [9.17, 15) is 18.0 Å². The maximum atomic E-state index is 12.8. The van der Waals surface area contributed by atoms with Crippen LogP contribution < -0.4 is 5.32 Å². The van der Waals surface area contributed by atoms with Gasteiger partial charge in [0.1, 0.15) is 0 Å². The van der Waals surface area contributed by atoms with E-state index in [-0.39, 0.29) is 42.4 Å². The number of carbonyl (C=O) groups is 2.